The number of aryl methyl sites for hydroxylation is 1. The first-order valence-corrected chi connectivity index (χ1v) is 8.60. The van der Waals surface area contributed by atoms with Crippen molar-refractivity contribution in [1.29, 1.82) is 5.26 Å². The summed E-state index contributed by atoms with van der Waals surface area (Å²) >= 11 is 1.52. The van der Waals surface area contributed by atoms with E-state index in [0.29, 0.717) is 6.10 Å². The zero-order chi connectivity index (χ0) is 14.9. The number of nitriles is 1. The molecule has 2 rings (SSSR count). The highest BCUT2D eigenvalue weighted by Crippen LogP contribution is 2.20. The van der Waals surface area contributed by atoms with E-state index in [0.717, 1.165) is 30.3 Å². The molecule has 21 heavy (non-hydrogen) atoms. The minimum atomic E-state index is -0.317. The second-order valence-electron chi connectivity index (χ2n) is 5.47. The maximum atomic E-state index is 9.16. The van der Waals surface area contributed by atoms with Crippen molar-refractivity contribution >= 4 is 17.6 Å². The van der Waals surface area contributed by atoms with E-state index < -0.39 is 0 Å². The lowest BCUT2D eigenvalue weighted by molar-refractivity contribution is 0.0281. The van der Waals surface area contributed by atoms with Crippen LogP contribution in [0.2, 0.25) is 0 Å². The van der Waals surface area contributed by atoms with Crippen LogP contribution >= 0.6 is 11.3 Å². The Bertz CT molecular complexity index is 486. The number of ether oxygens (including phenoxy) is 1. The third-order valence-corrected chi connectivity index (χ3v) is 4.68. The molecule has 0 aliphatic heterocycles. The van der Waals surface area contributed by atoms with Crippen LogP contribution in [-0.2, 0) is 4.74 Å². The highest BCUT2D eigenvalue weighted by molar-refractivity contribution is 7.09. The van der Waals surface area contributed by atoms with Crippen molar-refractivity contribution < 1.29 is 4.74 Å². The molecule has 1 fully saturated rings. The second-order valence-corrected chi connectivity index (χ2v) is 6.36. The minimum absolute atomic E-state index is 0.317. The molecule has 0 bridgehead atoms. The molecular formula is C16H23N3OS. The van der Waals surface area contributed by atoms with Gasteiger partial charge in [0.25, 0.3) is 0 Å². The topological polar surface area (TPSA) is 58.3 Å². The summed E-state index contributed by atoms with van der Waals surface area (Å²) in [6.45, 7) is 3.43. The van der Waals surface area contributed by atoms with Gasteiger partial charge < -0.3 is 4.74 Å². The van der Waals surface area contributed by atoms with Gasteiger partial charge >= 0.3 is 0 Å². The molecule has 0 unspecified atom stereocenters. The molecule has 0 spiro atoms. The molecule has 0 radical (unpaired) electrons. The van der Waals surface area contributed by atoms with Crippen molar-refractivity contribution in [2.75, 3.05) is 13.2 Å². The third kappa shape index (κ3) is 5.56. The number of nitrogens with zero attached hydrogens (tertiary/aromatic N) is 3. The second kappa shape index (κ2) is 8.91. The summed E-state index contributed by atoms with van der Waals surface area (Å²) in [5.74, 6) is -0.317. The van der Waals surface area contributed by atoms with Gasteiger partial charge in [0.05, 0.1) is 12.2 Å². The molecule has 5 heteroatoms. The van der Waals surface area contributed by atoms with Gasteiger partial charge in [-0.05, 0) is 26.2 Å². The Balaban J connectivity index is 1.64. The van der Waals surface area contributed by atoms with Crippen LogP contribution in [0.15, 0.2) is 10.4 Å². The molecular weight excluding hydrogens is 282 g/mol. The fraction of sp³-hybridized carbons (Fsp3) is 0.688. The molecule has 4 nitrogen and oxygen atoms in total. The number of rotatable bonds is 7. The van der Waals surface area contributed by atoms with Gasteiger partial charge in [-0.2, -0.15) is 5.26 Å². The summed E-state index contributed by atoms with van der Waals surface area (Å²) in [7, 11) is 0. The van der Waals surface area contributed by atoms with Crippen molar-refractivity contribution in [3.63, 3.8) is 0 Å². The van der Waals surface area contributed by atoms with E-state index in [2.05, 4.69) is 16.0 Å². The molecule has 0 saturated heterocycles. The summed E-state index contributed by atoms with van der Waals surface area (Å²) in [5, 5.41) is 12.0. The lowest BCUT2D eigenvalue weighted by Gasteiger charge is -2.21. The SMILES string of the molecule is Cc1csc([C@@H](C#N)C=NCCCOC2CCCCC2)n1. The molecule has 114 valence electrons. The molecule has 1 aromatic rings. The van der Waals surface area contributed by atoms with E-state index in [1.54, 1.807) is 6.21 Å². The van der Waals surface area contributed by atoms with Gasteiger partial charge in [-0.1, -0.05) is 19.3 Å². The van der Waals surface area contributed by atoms with Crippen LogP contribution in [0, 0.1) is 18.3 Å². The minimum Gasteiger partial charge on any atom is -0.378 e. The highest BCUT2D eigenvalue weighted by Gasteiger charge is 2.13. The summed E-state index contributed by atoms with van der Waals surface area (Å²) < 4.78 is 5.86. The fourth-order valence-corrected chi connectivity index (χ4v) is 3.29. The Hall–Kier alpha value is -1.25. The Morgan fingerprint density at radius 3 is 3.00 bits per heavy atom. The molecule has 1 aromatic heterocycles. The van der Waals surface area contributed by atoms with E-state index in [9.17, 15) is 0 Å². The van der Waals surface area contributed by atoms with Gasteiger partial charge in [-0.3, -0.25) is 4.99 Å². The molecule has 1 atom stereocenters. The van der Waals surface area contributed by atoms with E-state index in [1.807, 2.05) is 12.3 Å². The molecule has 0 amide bonds. The first-order chi connectivity index (χ1) is 10.3. The van der Waals surface area contributed by atoms with E-state index >= 15 is 0 Å². The van der Waals surface area contributed by atoms with Crippen LogP contribution in [0.4, 0.5) is 0 Å². The normalized spacial score (nSPS) is 17.9. The van der Waals surface area contributed by atoms with Crippen molar-refractivity contribution in [2.24, 2.45) is 4.99 Å². The first-order valence-electron chi connectivity index (χ1n) is 7.73. The third-order valence-electron chi connectivity index (χ3n) is 3.63. The average molecular weight is 305 g/mol. The van der Waals surface area contributed by atoms with Crippen LogP contribution < -0.4 is 0 Å². The van der Waals surface area contributed by atoms with Crippen LogP contribution in [-0.4, -0.2) is 30.5 Å². The maximum Gasteiger partial charge on any atom is 0.133 e. The zero-order valence-electron chi connectivity index (χ0n) is 12.6. The number of hydrogen-bond donors (Lipinski definition) is 0. The monoisotopic (exact) mass is 305 g/mol. The van der Waals surface area contributed by atoms with Gasteiger partial charge in [0.15, 0.2) is 0 Å². The van der Waals surface area contributed by atoms with Gasteiger partial charge in [-0.25, -0.2) is 4.98 Å². The average Bonchev–Trinajstić information content (AvgIpc) is 2.94. The quantitative estimate of drug-likeness (QED) is 0.567. The van der Waals surface area contributed by atoms with Crippen LogP contribution in [0.3, 0.4) is 0 Å². The van der Waals surface area contributed by atoms with Crippen LogP contribution in [0.5, 0.6) is 0 Å². The number of aromatic nitrogens is 1. The van der Waals surface area contributed by atoms with Gasteiger partial charge in [0, 0.05) is 30.4 Å². The number of thiazole rings is 1. The van der Waals surface area contributed by atoms with Gasteiger partial charge in [0.1, 0.15) is 10.9 Å². The zero-order valence-corrected chi connectivity index (χ0v) is 13.4. The van der Waals surface area contributed by atoms with Gasteiger partial charge in [0.2, 0.25) is 0 Å². The number of aliphatic imine (C=N–C) groups is 1. The lowest BCUT2D eigenvalue weighted by Crippen LogP contribution is -2.17. The largest absolute Gasteiger partial charge is 0.378 e. The molecule has 1 saturated carbocycles. The predicted molar refractivity (Wildman–Crippen MR) is 86.0 cm³/mol. The Labute approximate surface area is 130 Å². The number of hydrogen-bond acceptors (Lipinski definition) is 5. The highest BCUT2D eigenvalue weighted by atomic mass is 32.1. The summed E-state index contributed by atoms with van der Waals surface area (Å²) in [6.07, 6.45) is 9.50. The first kappa shape index (κ1) is 16.1. The van der Waals surface area contributed by atoms with Crippen molar-refractivity contribution in [2.45, 2.75) is 57.5 Å². The van der Waals surface area contributed by atoms with Crippen LogP contribution in [0.25, 0.3) is 0 Å². The Morgan fingerprint density at radius 1 is 1.52 bits per heavy atom. The standard InChI is InChI=1S/C16H23N3OS/c1-13-12-21-16(19-13)14(10-17)11-18-8-5-9-20-15-6-3-2-4-7-15/h11-12,14-15H,2-9H2,1H3/t14-/m0/s1. The molecule has 0 N–H and O–H groups in total. The van der Waals surface area contributed by atoms with Crippen LogP contribution in [0.1, 0.15) is 55.1 Å². The molecule has 0 aromatic carbocycles. The maximum absolute atomic E-state index is 9.16. The predicted octanol–water partition coefficient (Wildman–Crippen LogP) is 3.87. The molecule has 1 heterocycles. The summed E-state index contributed by atoms with van der Waals surface area (Å²) in [6, 6.07) is 2.24. The summed E-state index contributed by atoms with van der Waals surface area (Å²) in [5.41, 5.74) is 0.963. The Morgan fingerprint density at radius 2 is 2.33 bits per heavy atom. The molecule has 1 aliphatic rings. The van der Waals surface area contributed by atoms with Gasteiger partial charge in [-0.15, -0.1) is 11.3 Å². The smallest absolute Gasteiger partial charge is 0.133 e. The lowest BCUT2D eigenvalue weighted by atomic mass is 9.98. The fourth-order valence-electron chi connectivity index (χ4n) is 2.48. The Kier molecular flexibility index (Phi) is 6.84. The van der Waals surface area contributed by atoms with E-state index in [-0.39, 0.29) is 5.92 Å². The summed E-state index contributed by atoms with van der Waals surface area (Å²) in [4.78, 5) is 8.69. The van der Waals surface area contributed by atoms with E-state index in [1.165, 1.54) is 43.4 Å². The van der Waals surface area contributed by atoms with Crippen molar-refractivity contribution in [3.05, 3.63) is 16.1 Å². The molecule has 1 aliphatic carbocycles. The van der Waals surface area contributed by atoms with E-state index in [4.69, 9.17) is 10.00 Å². The van der Waals surface area contributed by atoms with Crippen molar-refractivity contribution in [3.8, 4) is 6.07 Å². The van der Waals surface area contributed by atoms with Crippen molar-refractivity contribution in [1.82, 2.24) is 4.98 Å².